The minimum Gasteiger partial charge on any atom is -0.496 e. The van der Waals surface area contributed by atoms with E-state index < -0.39 is 0 Å². The summed E-state index contributed by atoms with van der Waals surface area (Å²) in [4.78, 5) is 12.6. The number of methoxy groups -OCH3 is 2. The van der Waals surface area contributed by atoms with Crippen LogP contribution in [0.25, 0.3) is 0 Å². The standard InChI is InChI=1S/C19H24N2O3.ClH/c1-5-20-12-14-8-6-7-9-16(14)21-19(22)15-10-17(23-3)13(2)18(11-15)24-4;/h6-11,20H,5,12H2,1-4H3,(H,21,22);1H. The number of benzene rings is 2. The molecule has 0 aliphatic carbocycles. The number of nitrogens with one attached hydrogen (secondary N) is 2. The largest absolute Gasteiger partial charge is 0.496 e. The van der Waals surface area contributed by atoms with E-state index in [-0.39, 0.29) is 18.3 Å². The first kappa shape index (κ1) is 20.8. The van der Waals surface area contributed by atoms with Gasteiger partial charge in [0.25, 0.3) is 5.91 Å². The van der Waals surface area contributed by atoms with Gasteiger partial charge in [0.15, 0.2) is 0 Å². The molecule has 0 aromatic heterocycles. The summed E-state index contributed by atoms with van der Waals surface area (Å²) in [5, 5.41) is 6.24. The molecule has 0 aliphatic heterocycles. The molecule has 0 bridgehead atoms. The maximum atomic E-state index is 12.6. The van der Waals surface area contributed by atoms with Gasteiger partial charge in [-0.1, -0.05) is 25.1 Å². The molecule has 0 unspecified atom stereocenters. The first-order valence-corrected chi connectivity index (χ1v) is 7.93. The predicted octanol–water partition coefficient (Wildman–Crippen LogP) is 3.80. The van der Waals surface area contributed by atoms with Gasteiger partial charge in [0, 0.05) is 23.4 Å². The second-order valence-corrected chi connectivity index (χ2v) is 5.40. The summed E-state index contributed by atoms with van der Waals surface area (Å²) < 4.78 is 10.7. The molecule has 25 heavy (non-hydrogen) atoms. The van der Waals surface area contributed by atoms with Crippen LogP contribution in [0.3, 0.4) is 0 Å². The molecule has 0 radical (unpaired) electrons. The van der Waals surface area contributed by atoms with Crippen LogP contribution >= 0.6 is 12.4 Å². The lowest BCUT2D eigenvalue weighted by molar-refractivity contribution is 0.102. The quantitative estimate of drug-likeness (QED) is 0.784. The Labute approximate surface area is 155 Å². The van der Waals surface area contributed by atoms with Crippen LogP contribution in [0.1, 0.15) is 28.4 Å². The number of anilines is 1. The third kappa shape index (κ3) is 5.11. The highest BCUT2D eigenvalue weighted by molar-refractivity contribution is 6.05. The van der Waals surface area contributed by atoms with Gasteiger partial charge in [0.05, 0.1) is 14.2 Å². The summed E-state index contributed by atoms with van der Waals surface area (Å²) in [7, 11) is 3.16. The van der Waals surface area contributed by atoms with Gasteiger partial charge in [-0.25, -0.2) is 0 Å². The van der Waals surface area contributed by atoms with Crippen molar-refractivity contribution in [3.8, 4) is 11.5 Å². The van der Waals surface area contributed by atoms with Crippen molar-refractivity contribution in [3.63, 3.8) is 0 Å². The van der Waals surface area contributed by atoms with Crippen LogP contribution in [-0.2, 0) is 6.54 Å². The average molecular weight is 365 g/mol. The number of hydrogen-bond donors (Lipinski definition) is 2. The van der Waals surface area contributed by atoms with Crippen LogP contribution in [0.2, 0.25) is 0 Å². The molecule has 0 atom stereocenters. The molecular weight excluding hydrogens is 340 g/mol. The van der Waals surface area contributed by atoms with Gasteiger partial charge in [-0.15, -0.1) is 12.4 Å². The van der Waals surface area contributed by atoms with Crippen molar-refractivity contribution in [2.45, 2.75) is 20.4 Å². The monoisotopic (exact) mass is 364 g/mol. The van der Waals surface area contributed by atoms with Crippen LogP contribution in [0.15, 0.2) is 36.4 Å². The lowest BCUT2D eigenvalue weighted by atomic mass is 10.1. The molecule has 0 fully saturated rings. The van der Waals surface area contributed by atoms with Crippen LogP contribution in [0.5, 0.6) is 11.5 Å². The van der Waals surface area contributed by atoms with Crippen LogP contribution < -0.4 is 20.1 Å². The first-order chi connectivity index (χ1) is 11.6. The van der Waals surface area contributed by atoms with E-state index in [1.54, 1.807) is 26.4 Å². The molecule has 0 saturated heterocycles. The minimum absolute atomic E-state index is 0. The molecule has 2 rings (SSSR count). The van der Waals surface area contributed by atoms with E-state index in [0.29, 0.717) is 23.6 Å². The Kier molecular flexibility index (Phi) is 8.25. The van der Waals surface area contributed by atoms with E-state index in [1.165, 1.54) is 0 Å². The Balaban J connectivity index is 0.00000312. The molecule has 2 N–H and O–H groups in total. The molecule has 136 valence electrons. The van der Waals surface area contributed by atoms with Crippen LogP contribution in [0, 0.1) is 6.92 Å². The highest BCUT2D eigenvalue weighted by Gasteiger charge is 2.14. The van der Waals surface area contributed by atoms with Crippen molar-refractivity contribution < 1.29 is 14.3 Å². The lowest BCUT2D eigenvalue weighted by Crippen LogP contribution is -2.17. The van der Waals surface area contributed by atoms with E-state index in [0.717, 1.165) is 23.4 Å². The number of amides is 1. The van der Waals surface area contributed by atoms with Crippen molar-refractivity contribution in [2.75, 3.05) is 26.1 Å². The molecule has 0 spiro atoms. The van der Waals surface area contributed by atoms with E-state index in [1.807, 2.05) is 38.1 Å². The molecule has 2 aromatic carbocycles. The summed E-state index contributed by atoms with van der Waals surface area (Å²) >= 11 is 0. The lowest BCUT2D eigenvalue weighted by Gasteiger charge is -2.14. The average Bonchev–Trinajstić information content (AvgIpc) is 2.61. The van der Waals surface area contributed by atoms with Gasteiger partial charge >= 0.3 is 0 Å². The van der Waals surface area contributed by atoms with Gasteiger partial charge in [-0.05, 0) is 37.2 Å². The smallest absolute Gasteiger partial charge is 0.255 e. The van der Waals surface area contributed by atoms with Crippen molar-refractivity contribution >= 4 is 24.0 Å². The molecule has 0 saturated carbocycles. The summed E-state index contributed by atoms with van der Waals surface area (Å²) in [6.07, 6.45) is 0. The van der Waals surface area contributed by atoms with Crippen LogP contribution in [0.4, 0.5) is 5.69 Å². The fourth-order valence-corrected chi connectivity index (χ4v) is 2.47. The normalized spacial score (nSPS) is 9.92. The zero-order chi connectivity index (χ0) is 17.5. The molecule has 1 amide bonds. The van der Waals surface area contributed by atoms with Gasteiger partial charge in [-0.2, -0.15) is 0 Å². The third-order valence-electron chi connectivity index (χ3n) is 3.85. The molecule has 2 aromatic rings. The number of halogens is 1. The van der Waals surface area contributed by atoms with Gasteiger partial charge in [0.2, 0.25) is 0 Å². The Morgan fingerprint density at radius 2 is 1.68 bits per heavy atom. The number of ether oxygens (including phenoxy) is 2. The predicted molar refractivity (Wildman–Crippen MR) is 103 cm³/mol. The number of carbonyl (C=O) groups excluding carboxylic acids is 1. The summed E-state index contributed by atoms with van der Waals surface area (Å²) in [6, 6.07) is 11.2. The molecule has 6 heteroatoms. The van der Waals surface area contributed by atoms with Crippen molar-refractivity contribution in [3.05, 3.63) is 53.1 Å². The zero-order valence-corrected chi connectivity index (χ0v) is 15.8. The Morgan fingerprint density at radius 1 is 1.08 bits per heavy atom. The zero-order valence-electron chi connectivity index (χ0n) is 15.0. The maximum absolute atomic E-state index is 12.6. The van der Waals surface area contributed by atoms with Crippen LogP contribution in [-0.4, -0.2) is 26.7 Å². The number of rotatable bonds is 7. The number of carbonyl (C=O) groups is 1. The summed E-state index contributed by atoms with van der Waals surface area (Å²) in [5.41, 5.74) is 3.19. The van der Waals surface area contributed by atoms with Crippen molar-refractivity contribution in [1.82, 2.24) is 5.32 Å². The van der Waals surface area contributed by atoms with Crippen molar-refractivity contribution in [2.24, 2.45) is 0 Å². The fraction of sp³-hybridized carbons (Fsp3) is 0.316. The Morgan fingerprint density at radius 3 is 2.24 bits per heavy atom. The second kappa shape index (κ2) is 9.91. The Bertz CT molecular complexity index is 695. The highest BCUT2D eigenvalue weighted by atomic mass is 35.5. The van der Waals surface area contributed by atoms with Gasteiger partial charge in [-0.3, -0.25) is 4.79 Å². The second-order valence-electron chi connectivity index (χ2n) is 5.40. The topological polar surface area (TPSA) is 59.6 Å². The highest BCUT2D eigenvalue weighted by Crippen LogP contribution is 2.30. The van der Waals surface area contributed by atoms with E-state index in [2.05, 4.69) is 10.6 Å². The van der Waals surface area contributed by atoms with Gasteiger partial charge in [0.1, 0.15) is 11.5 Å². The van der Waals surface area contributed by atoms with E-state index in [4.69, 9.17) is 9.47 Å². The van der Waals surface area contributed by atoms with E-state index >= 15 is 0 Å². The summed E-state index contributed by atoms with van der Waals surface area (Å²) in [6.45, 7) is 5.51. The number of hydrogen-bond acceptors (Lipinski definition) is 4. The maximum Gasteiger partial charge on any atom is 0.255 e. The SMILES string of the molecule is CCNCc1ccccc1NC(=O)c1cc(OC)c(C)c(OC)c1.Cl. The first-order valence-electron chi connectivity index (χ1n) is 7.93. The number of para-hydroxylation sites is 1. The third-order valence-corrected chi connectivity index (χ3v) is 3.85. The van der Waals surface area contributed by atoms with Crippen molar-refractivity contribution in [1.29, 1.82) is 0 Å². The van der Waals surface area contributed by atoms with E-state index in [9.17, 15) is 4.79 Å². The molecular formula is C19H25ClN2O3. The fourth-order valence-electron chi connectivity index (χ4n) is 2.47. The van der Waals surface area contributed by atoms with Gasteiger partial charge < -0.3 is 20.1 Å². The molecule has 5 nitrogen and oxygen atoms in total. The molecule has 0 heterocycles. The Hall–Kier alpha value is -2.24. The molecule has 0 aliphatic rings. The minimum atomic E-state index is -0.199. The summed E-state index contributed by atoms with van der Waals surface area (Å²) in [5.74, 6) is 1.05.